The zero-order valence-corrected chi connectivity index (χ0v) is 17.3. The lowest BCUT2D eigenvalue weighted by atomic mass is 10.0. The maximum Gasteiger partial charge on any atom is 0.353 e. The number of thioether (sulfide) groups is 2. The number of hydrogen-bond acceptors (Lipinski definition) is 6. The van der Waals surface area contributed by atoms with Gasteiger partial charge in [0.1, 0.15) is 22.9 Å². The number of carbonyl (C=O) groups excluding carboxylic acids is 2. The van der Waals surface area contributed by atoms with Crippen molar-refractivity contribution in [3.63, 3.8) is 0 Å². The van der Waals surface area contributed by atoms with E-state index in [4.69, 9.17) is 0 Å². The van der Waals surface area contributed by atoms with Gasteiger partial charge in [-0.2, -0.15) is 0 Å². The number of benzene rings is 2. The normalized spacial score (nSPS) is 20.4. The number of phenolic OH excluding ortho intramolecular Hbond substituents is 1. The van der Waals surface area contributed by atoms with E-state index in [0.29, 0.717) is 10.7 Å². The fraction of sp³-hybridized carbons (Fsp3) is 0.190. The summed E-state index contributed by atoms with van der Waals surface area (Å²) in [6.45, 7) is 0. The van der Waals surface area contributed by atoms with Gasteiger partial charge in [-0.1, -0.05) is 42.1 Å². The molecule has 2 aliphatic heterocycles. The molecule has 0 radical (unpaired) electrons. The molecule has 0 aromatic heterocycles. The Morgan fingerprint density at radius 1 is 1.13 bits per heavy atom. The summed E-state index contributed by atoms with van der Waals surface area (Å²) in [4.78, 5) is 39.5. The number of β-lactam (4-membered cyclic amide) rings is 1. The van der Waals surface area contributed by atoms with E-state index >= 15 is 0 Å². The second kappa shape index (κ2) is 8.45. The number of nitrogens with zero attached hydrogens (tertiary/aromatic N) is 1. The first-order valence-electron chi connectivity index (χ1n) is 9.15. The number of aromatic hydroxyl groups is 1. The average Bonchev–Trinajstić information content (AvgIpc) is 2.74. The SMILES string of the molecule is O=C(Cc1ccccc1)N[C@@H]1C(=O)N2C(C(=O)O)=C(Sc3ccc(O)cc3)CS[C@H]12. The minimum Gasteiger partial charge on any atom is -0.508 e. The molecule has 2 amide bonds. The summed E-state index contributed by atoms with van der Waals surface area (Å²) in [6, 6.07) is 14.9. The van der Waals surface area contributed by atoms with E-state index in [2.05, 4.69) is 5.32 Å². The van der Waals surface area contributed by atoms with Crippen molar-refractivity contribution in [2.45, 2.75) is 22.7 Å². The number of carboxylic acid groups (broad SMARTS) is 1. The zero-order valence-electron chi connectivity index (χ0n) is 15.6. The highest BCUT2D eigenvalue weighted by atomic mass is 32.2. The number of carboxylic acids is 1. The molecule has 154 valence electrons. The summed E-state index contributed by atoms with van der Waals surface area (Å²) in [5, 5.41) is 21.4. The van der Waals surface area contributed by atoms with Gasteiger partial charge in [0.15, 0.2) is 0 Å². The Hall–Kier alpha value is -2.91. The third-order valence-electron chi connectivity index (χ3n) is 4.74. The van der Waals surface area contributed by atoms with E-state index in [0.717, 1.165) is 10.5 Å². The average molecular weight is 443 g/mol. The molecule has 7 nitrogen and oxygen atoms in total. The lowest BCUT2D eigenvalue weighted by Crippen LogP contribution is -2.70. The van der Waals surface area contributed by atoms with Crippen LogP contribution in [0.15, 0.2) is 70.1 Å². The van der Waals surface area contributed by atoms with Crippen LogP contribution in [0.3, 0.4) is 0 Å². The van der Waals surface area contributed by atoms with Gasteiger partial charge in [0.2, 0.25) is 5.91 Å². The van der Waals surface area contributed by atoms with Crippen LogP contribution in [0, 0.1) is 0 Å². The first-order chi connectivity index (χ1) is 14.4. The number of phenols is 1. The van der Waals surface area contributed by atoms with Gasteiger partial charge in [-0.05, 0) is 29.8 Å². The molecule has 9 heteroatoms. The van der Waals surface area contributed by atoms with E-state index in [1.54, 1.807) is 12.1 Å². The van der Waals surface area contributed by atoms with Crippen LogP contribution >= 0.6 is 23.5 Å². The highest BCUT2D eigenvalue weighted by Crippen LogP contribution is 2.45. The van der Waals surface area contributed by atoms with Gasteiger partial charge < -0.3 is 15.5 Å². The molecule has 2 aromatic carbocycles. The standard InChI is InChI=1S/C21H18N2O5S2/c24-13-6-8-14(9-7-13)30-15-11-29-20-17(19(26)23(20)18(15)21(27)28)22-16(25)10-12-4-2-1-3-5-12/h1-9,17,20,24H,10-11H2,(H,22,25)(H,27,28)/t17-,20-/m1/s1. The van der Waals surface area contributed by atoms with Crippen molar-refractivity contribution < 1.29 is 24.6 Å². The van der Waals surface area contributed by atoms with Crippen molar-refractivity contribution in [3.8, 4) is 5.75 Å². The molecule has 0 aliphatic carbocycles. The molecular weight excluding hydrogens is 424 g/mol. The van der Waals surface area contributed by atoms with Gasteiger partial charge in [-0.3, -0.25) is 14.5 Å². The quantitative estimate of drug-likeness (QED) is 0.590. The topological polar surface area (TPSA) is 107 Å². The minimum atomic E-state index is -1.18. The summed E-state index contributed by atoms with van der Waals surface area (Å²) in [5.74, 6) is -1.34. The van der Waals surface area contributed by atoms with E-state index in [9.17, 15) is 24.6 Å². The number of rotatable bonds is 6. The molecule has 2 aliphatic rings. The first-order valence-corrected chi connectivity index (χ1v) is 11.0. The van der Waals surface area contributed by atoms with Crippen molar-refractivity contribution in [1.29, 1.82) is 0 Å². The highest BCUT2D eigenvalue weighted by molar-refractivity contribution is 8.06. The molecule has 2 heterocycles. The summed E-state index contributed by atoms with van der Waals surface area (Å²) in [7, 11) is 0. The van der Waals surface area contributed by atoms with Crippen LogP contribution in [0.2, 0.25) is 0 Å². The van der Waals surface area contributed by atoms with E-state index in [1.165, 1.54) is 40.6 Å². The highest BCUT2D eigenvalue weighted by Gasteiger charge is 2.54. The second-order valence-electron chi connectivity index (χ2n) is 6.79. The molecule has 1 fully saturated rings. The summed E-state index contributed by atoms with van der Waals surface area (Å²) >= 11 is 2.68. The molecule has 0 unspecified atom stereocenters. The Morgan fingerprint density at radius 3 is 2.50 bits per heavy atom. The molecule has 0 bridgehead atoms. The molecule has 30 heavy (non-hydrogen) atoms. The number of carbonyl (C=O) groups is 3. The molecule has 4 rings (SSSR count). The Bertz CT molecular complexity index is 1020. The van der Waals surface area contributed by atoms with Crippen molar-refractivity contribution in [2.75, 3.05) is 5.75 Å². The van der Waals surface area contributed by atoms with Crippen LogP contribution < -0.4 is 5.32 Å². The van der Waals surface area contributed by atoms with Crippen LogP contribution in [0.4, 0.5) is 0 Å². The first kappa shape index (κ1) is 20.4. The number of amides is 2. The van der Waals surface area contributed by atoms with E-state index in [1.807, 2.05) is 30.3 Å². The van der Waals surface area contributed by atoms with E-state index in [-0.39, 0.29) is 23.8 Å². The smallest absolute Gasteiger partial charge is 0.353 e. The predicted molar refractivity (Wildman–Crippen MR) is 114 cm³/mol. The Balaban J connectivity index is 1.48. The van der Waals surface area contributed by atoms with Gasteiger partial charge in [0.05, 0.1) is 6.42 Å². The monoisotopic (exact) mass is 442 g/mol. The van der Waals surface area contributed by atoms with Crippen LogP contribution in [-0.4, -0.2) is 50.1 Å². The fourth-order valence-electron chi connectivity index (χ4n) is 3.33. The van der Waals surface area contributed by atoms with Crippen molar-refractivity contribution >= 4 is 41.3 Å². The lowest BCUT2D eigenvalue weighted by Gasteiger charge is -2.49. The minimum absolute atomic E-state index is 0.0459. The molecular formula is C21H18N2O5S2. The zero-order chi connectivity index (χ0) is 21.3. The van der Waals surface area contributed by atoms with Crippen molar-refractivity contribution in [2.24, 2.45) is 0 Å². The molecule has 0 saturated carbocycles. The van der Waals surface area contributed by atoms with Crippen molar-refractivity contribution in [1.82, 2.24) is 10.2 Å². The third kappa shape index (κ3) is 4.03. The summed E-state index contributed by atoms with van der Waals surface area (Å²) in [6.07, 6.45) is 0.158. The molecule has 0 spiro atoms. The molecule has 2 aromatic rings. The summed E-state index contributed by atoms with van der Waals surface area (Å²) < 4.78 is 0. The maximum atomic E-state index is 12.7. The van der Waals surface area contributed by atoms with E-state index < -0.39 is 23.3 Å². The van der Waals surface area contributed by atoms with Crippen LogP contribution in [-0.2, 0) is 20.8 Å². The van der Waals surface area contributed by atoms with Gasteiger partial charge in [0.25, 0.3) is 5.91 Å². The van der Waals surface area contributed by atoms with Crippen molar-refractivity contribution in [3.05, 3.63) is 70.8 Å². The van der Waals surface area contributed by atoms with Gasteiger partial charge in [-0.15, -0.1) is 11.8 Å². The number of hydrogen-bond donors (Lipinski definition) is 3. The number of fused-ring (bicyclic) bond motifs is 1. The van der Waals surface area contributed by atoms with Crippen LogP contribution in [0.1, 0.15) is 5.56 Å². The van der Waals surface area contributed by atoms with Crippen LogP contribution in [0.5, 0.6) is 5.75 Å². The predicted octanol–water partition coefficient (Wildman–Crippen LogP) is 2.42. The third-order valence-corrected chi connectivity index (χ3v) is 7.29. The Morgan fingerprint density at radius 2 is 1.83 bits per heavy atom. The summed E-state index contributed by atoms with van der Waals surface area (Å²) in [5.41, 5.74) is 0.795. The molecule has 3 N–H and O–H groups in total. The fourth-order valence-corrected chi connectivity index (χ4v) is 5.80. The van der Waals surface area contributed by atoms with Gasteiger partial charge >= 0.3 is 5.97 Å². The van der Waals surface area contributed by atoms with Gasteiger partial charge in [0, 0.05) is 15.6 Å². The van der Waals surface area contributed by atoms with Crippen LogP contribution in [0.25, 0.3) is 0 Å². The lowest BCUT2D eigenvalue weighted by molar-refractivity contribution is -0.150. The largest absolute Gasteiger partial charge is 0.508 e. The number of aliphatic carboxylic acids is 1. The molecule has 2 atom stereocenters. The number of nitrogens with one attached hydrogen (secondary N) is 1. The molecule has 1 saturated heterocycles. The Labute approximate surface area is 181 Å². The second-order valence-corrected chi connectivity index (χ2v) is 9.06. The maximum absolute atomic E-state index is 12.7. The van der Waals surface area contributed by atoms with Gasteiger partial charge in [-0.25, -0.2) is 4.79 Å². The Kier molecular flexibility index (Phi) is 5.74.